The van der Waals surface area contributed by atoms with Crippen LogP contribution in [0.4, 0.5) is 20.2 Å². The van der Waals surface area contributed by atoms with E-state index in [9.17, 15) is 18.4 Å². The van der Waals surface area contributed by atoms with Crippen LogP contribution in [0.25, 0.3) is 5.57 Å². The van der Waals surface area contributed by atoms with E-state index in [2.05, 4.69) is 5.32 Å². The quantitative estimate of drug-likeness (QED) is 0.615. The summed E-state index contributed by atoms with van der Waals surface area (Å²) >= 11 is 5.90. The van der Waals surface area contributed by atoms with Gasteiger partial charge in [-0.05, 0) is 60.2 Å². The molecule has 0 spiro atoms. The minimum atomic E-state index is -0.610. The molecule has 0 fully saturated rings. The molecular formula is C22H13ClF2N2O2. The van der Waals surface area contributed by atoms with E-state index in [1.807, 2.05) is 0 Å². The molecule has 0 bridgehead atoms. The van der Waals surface area contributed by atoms with Crippen LogP contribution in [0.2, 0.25) is 5.02 Å². The zero-order valence-corrected chi connectivity index (χ0v) is 15.6. The molecule has 29 heavy (non-hydrogen) atoms. The molecule has 1 N–H and O–H groups in total. The maximum atomic E-state index is 13.6. The Hall–Kier alpha value is -3.51. The summed E-state index contributed by atoms with van der Waals surface area (Å²) in [6.07, 6.45) is 0. The van der Waals surface area contributed by atoms with Crippen LogP contribution >= 0.6 is 11.6 Å². The Morgan fingerprint density at radius 3 is 2.14 bits per heavy atom. The second-order valence-corrected chi connectivity index (χ2v) is 6.75. The molecule has 3 aromatic rings. The van der Waals surface area contributed by atoms with Crippen molar-refractivity contribution in [3.8, 4) is 0 Å². The van der Waals surface area contributed by atoms with Crippen molar-refractivity contribution in [3.63, 3.8) is 0 Å². The maximum absolute atomic E-state index is 13.6. The van der Waals surface area contributed by atoms with Crippen molar-refractivity contribution >= 4 is 40.4 Å². The molecule has 144 valence electrons. The number of amides is 2. The largest absolute Gasteiger partial charge is 0.350 e. The van der Waals surface area contributed by atoms with E-state index < -0.39 is 23.4 Å². The lowest BCUT2D eigenvalue weighted by Crippen LogP contribution is -2.32. The van der Waals surface area contributed by atoms with Crippen molar-refractivity contribution < 1.29 is 18.4 Å². The number of nitrogens with zero attached hydrogens (tertiary/aromatic N) is 1. The molecule has 0 saturated carbocycles. The molecule has 0 atom stereocenters. The standard InChI is InChI=1S/C22H13ClF2N2O2/c23-14-6-10-18(11-7-14)27-21(28)19(13-4-8-15(24)9-5-13)20(22(27)29)26-17-3-1-2-16(25)12-17/h1-12,26H. The van der Waals surface area contributed by atoms with Gasteiger partial charge in [0.25, 0.3) is 11.8 Å². The first-order chi connectivity index (χ1) is 13.9. The monoisotopic (exact) mass is 410 g/mol. The molecule has 0 radical (unpaired) electrons. The average Bonchev–Trinajstić information content (AvgIpc) is 2.93. The predicted octanol–water partition coefficient (Wildman–Crippen LogP) is 5.01. The number of benzene rings is 3. The maximum Gasteiger partial charge on any atom is 0.282 e. The summed E-state index contributed by atoms with van der Waals surface area (Å²) in [4.78, 5) is 27.3. The molecule has 1 heterocycles. The summed E-state index contributed by atoms with van der Waals surface area (Å²) in [5, 5.41) is 3.30. The van der Waals surface area contributed by atoms with Gasteiger partial charge in [0.1, 0.15) is 17.3 Å². The molecule has 0 aromatic heterocycles. The van der Waals surface area contributed by atoms with Crippen molar-refractivity contribution in [3.05, 3.63) is 101 Å². The van der Waals surface area contributed by atoms with E-state index >= 15 is 0 Å². The lowest BCUT2D eigenvalue weighted by atomic mass is 10.0. The lowest BCUT2D eigenvalue weighted by Gasteiger charge is -2.15. The fraction of sp³-hybridized carbons (Fsp3) is 0. The SMILES string of the molecule is O=C1C(Nc2cccc(F)c2)=C(c2ccc(F)cc2)C(=O)N1c1ccc(Cl)cc1. The highest BCUT2D eigenvalue weighted by Crippen LogP contribution is 2.34. The first-order valence-electron chi connectivity index (χ1n) is 8.61. The molecule has 0 aliphatic carbocycles. The smallest absolute Gasteiger partial charge is 0.282 e. The van der Waals surface area contributed by atoms with Crippen molar-refractivity contribution in [2.24, 2.45) is 0 Å². The molecule has 4 nitrogen and oxygen atoms in total. The summed E-state index contributed by atoms with van der Waals surface area (Å²) in [5.41, 5.74) is 1.04. The highest BCUT2D eigenvalue weighted by atomic mass is 35.5. The van der Waals surface area contributed by atoms with Crippen LogP contribution in [-0.2, 0) is 9.59 Å². The highest BCUT2D eigenvalue weighted by Gasteiger charge is 2.40. The second kappa shape index (κ2) is 7.48. The third-order valence-electron chi connectivity index (χ3n) is 4.40. The minimum absolute atomic E-state index is 0.0258. The van der Waals surface area contributed by atoms with E-state index in [1.165, 1.54) is 42.5 Å². The van der Waals surface area contributed by atoms with Gasteiger partial charge < -0.3 is 5.32 Å². The molecular weight excluding hydrogens is 398 g/mol. The summed E-state index contributed by atoms with van der Waals surface area (Å²) in [6.45, 7) is 0. The number of rotatable bonds is 4. The van der Waals surface area contributed by atoms with Crippen LogP contribution in [0.15, 0.2) is 78.5 Å². The van der Waals surface area contributed by atoms with Gasteiger partial charge in [-0.2, -0.15) is 0 Å². The van der Waals surface area contributed by atoms with Crippen LogP contribution in [0.5, 0.6) is 0 Å². The Balaban J connectivity index is 1.82. The minimum Gasteiger partial charge on any atom is -0.350 e. The molecule has 7 heteroatoms. The lowest BCUT2D eigenvalue weighted by molar-refractivity contribution is -0.120. The van der Waals surface area contributed by atoms with Crippen LogP contribution in [0.3, 0.4) is 0 Å². The van der Waals surface area contributed by atoms with Gasteiger partial charge in [0.15, 0.2) is 0 Å². The van der Waals surface area contributed by atoms with Gasteiger partial charge in [0.2, 0.25) is 0 Å². The number of hydrogen-bond donors (Lipinski definition) is 1. The van der Waals surface area contributed by atoms with Crippen molar-refractivity contribution in [1.82, 2.24) is 0 Å². The molecule has 4 rings (SSSR count). The molecule has 2 amide bonds. The number of imide groups is 1. The number of nitrogens with one attached hydrogen (secondary N) is 1. The summed E-state index contributed by atoms with van der Waals surface area (Å²) in [7, 11) is 0. The van der Waals surface area contributed by atoms with Crippen LogP contribution < -0.4 is 10.2 Å². The van der Waals surface area contributed by atoms with Gasteiger partial charge in [-0.1, -0.05) is 29.8 Å². The van der Waals surface area contributed by atoms with Gasteiger partial charge in [0.05, 0.1) is 11.3 Å². The van der Waals surface area contributed by atoms with Gasteiger partial charge in [0, 0.05) is 10.7 Å². The average molecular weight is 411 g/mol. The Morgan fingerprint density at radius 2 is 1.48 bits per heavy atom. The Labute approximate surface area is 170 Å². The van der Waals surface area contributed by atoms with Crippen molar-refractivity contribution in [1.29, 1.82) is 0 Å². The third kappa shape index (κ3) is 3.62. The fourth-order valence-corrected chi connectivity index (χ4v) is 3.19. The normalized spacial score (nSPS) is 14.0. The molecule has 1 aliphatic rings. The van der Waals surface area contributed by atoms with Crippen LogP contribution in [-0.4, -0.2) is 11.8 Å². The van der Waals surface area contributed by atoms with Gasteiger partial charge in [-0.15, -0.1) is 0 Å². The number of anilines is 2. The first kappa shape index (κ1) is 18.8. The molecule has 1 aliphatic heterocycles. The number of carbonyl (C=O) groups excluding carboxylic acids is 2. The Morgan fingerprint density at radius 1 is 0.793 bits per heavy atom. The highest BCUT2D eigenvalue weighted by molar-refractivity contribution is 6.46. The molecule has 0 unspecified atom stereocenters. The summed E-state index contributed by atoms with van der Waals surface area (Å²) < 4.78 is 27.0. The van der Waals surface area contributed by atoms with E-state index in [-0.39, 0.29) is 11.3 Å². The van der Waals surface area contributed by atoms with Crippen LogP contribution in [0, 0.1) is 11.6 Å². The van der Waals surface area contributed by atoms with E-state index in [1.54, 1.807) is 30.3 Å². The third-order valence-corrected chi connectivity index (χ3v) is 4.65. The van der Waals surface area contributed by atoms with Gasteiger partial charge >= 0.3 is 0 Å². The predicted molar refractivity (Wildman–Crippen MR) is 107 cm³/mol. The van der Waals surface area contributed by atoms with Gasteiger partial charge in [-0.3, -0.25) is 9.59 Å². The van der Waals surface area contributed by atoms with E-state index in [4.69, 9.17) is 11.6 Å². The number of halogens is 3. The zero-order chi connectivity index (χ0) is 20.5. The fourth-order valence-electron chi connectivity index (χ4n) is 3.07. The molecule has 0 saturated heterocycles. The number of carbonyl (C=O) groups is 2. The second-order valence-electron chi connectivity index (χ2n) is 6.31. The van der Waals surface area contributed by atoms with E-state index in [0.29, 0.717) is 22.0 Å². The van der Waals surface area contributed by atoms with Crippen molar-refractivity contribution in [2.75, 3.05) is 10.2 Å². The molecule has 3 aromatic carbocycles. The Kier molecular flexibility index (Phi) is 4.86. The van der Waals surface area contributed by atoms with Crippen molar-refractivity contribution in [2.45, 2.75) is 0 Å². The Bertz CT molecular complexity index is 1140. The zero-order valence-electron chi connectivity index (χ0n) is 14.8. The topological polar surface area (TPSA) is 49.4 Å². The summed E-state index contributed by atoms with van der Waals surface area (Å²) in [6, 6.07) is 17.0. The summed E-state index contributed by atoms with van der Waals surface area (Å²) in [5.74, 6) is -2.16. The van der Waals surface area contributed by atoms with Gasteiger partial charge in [-0.25, -0.2) is 13.7 Å². The van der Waals surface area contributed by atoms with Crippen LogP contribution in [0.1, 0.15) is 5.56 Å². The van der Waals surface area contributed by atoms with E-state index in [0.717, 1.165) is 4.90 Å². The number of hydrogen-bond acceptors (Lipinski definition) is 3. The first-order valence-corrected chi connectivity index (χ1v) is 8.99.